The van der Waals surface area contributed by atoms with Gasteiger partial charge in [-0.05, 0) is 32.3 Å². The Hall–Kier alpha value is -2.42. The third-order valence-electron chi connectivity index (χ3n) is 4.04. The molecule has 1 aromatic carbocycles. The highest BCUT2D eigenvalue weighted by Gasteiger charge is 2.31. The maximum Gasteiger partial charge on any atom is 0.408 e. The summed E-state index contributed by atoms with van der Waals surface area (Å²) in [5.74, 6) is -0.285. The first-order valence-corrected chi connectivity index (χ1v) is 10.8. The fourth-order valence-corrected chi connectivity index (χ4v) is 3.58. The van der Waals surface area contributed by atoms with Crippen LogP contribution in [0.2, 0.25) is 0 Å². The van der Waals surface area contributed by atoms with Crippen molar-refractivity contribution in [3.63, 3.8) is 0 Å². The molecule has 0 spiro atoms. The van der Waals surface area contributed by atoms with Crippen molar-refractivity contribution in [1.29, 1.82) is 0 Å². The molecule has 28 heavy (non-hydrogen) atoms. The molecule has 0 aliphatic carbocycles. The summed E-state index contributed by atoms with van der Waals surface area (Å²) in [5, 5.41) is 9.82. The van der Waals surface area contributed by atoms with Crippen molar-refractivity contribution in [2.75, 3.05) is 0 Å². The number of sulfone groups is 1. The second-order valence-corrected chi connectivity index (χ2v) is 9.53. The molecule has 1 amide bonds. The number of nitrogens with zero attached hydrogens (tertiary/aromatic N) is 2. The Morgan fingerprint density at radius 3 is 2.43 bits per heavy atom. The van der Waals surface area contributed by atoms with Gasteiger partial charge in [-0.15, -0.1) is 5.10 Å². The zero-order chi connectivity index (χ0) is 20.9. The van der Waals surface area contributed by atoms with Gasteiger partial charge in [0, 0.05) is 0 Å². The fourth-order valence-electron chi connectivity index (χ4n) is 2.44. The number of hydrogen-bond donors (Lipinski definition) is 1. The highest BCUT2D eigenvalue weighted by molar-refractivity contribution is 7.90. The van der Waals surface area contributed by atoms with E-state index in [2.05, 4.69) is 15.5 Å². The predicted molar refractivity (Wildman–Crippen MR) is 103 cm³/mol. The molecule has 2 atom stereocenters. The van der Waals surface area contributed by atoms with Crippen molar-refractivity contribution in [2.45, 2.75) is 63.7 Å². The number of nitrogens with one attached hydrogen (secondary N) is 1. The van der Waals surface area contributed by atoms with E-state index in [0.717, 1.165) is 0 Å². The number of rotatable bonds is 7. The van der Waals surface area contributed by atoms with E-state index in [1.807, 2.05) is 13.8 Å². The highest BCUT2D eigenvalue weighted by atomic mass is 32.2. The number of carbonyl (C=O) groups excluding carboxylic acids is 1. The molecule has 1 aromatic heterocycles. The van der Waals surface area contributed by atoms with Crippen LogP contribution in [0.5, 0.6) is 0 Å². The third kappa shape index (κ3) is 6.05. The van der Waals surface area contributed by atoms with Crippen molar-refractivity contribution in [2.24, 2.45) is 5.92 Å². The standard InChI is InChI=1S/C19H27N3O5S/c1-6-13(2)15(20-17(23)27-19(3,4)5)16-21-22-18(26-16)28(24,25)12-14-10-8-7-9-11-14/h7-11,13,15H,6,12H2,1-5H3,(H,20,23)/t13-,15-/m0/s1. The van der Waals surface area contributed by atoms with Gasteiger partial charge in [0.1, 0.15) is 11.6 Å². The number of benzene rings is 1. The Morgan fingerprint density at radius 2 is 1.86 bits per heavy atom. The summed E-state index contributed by atoms with van der Waals surface area (Å²) in [6, 6.07) is 8.08. The molecule has 0 saturated heterocycles. The van der Waals surface area contributed by atoms with Crippen LogP contribution in [0.1, 0.15) is 58.5 Å². The Balaban J connectivity index is 2.22. The first kappa shape index (κ1) is 21.9. The Bertz CT molecular complexity index is 888. The summed E-state index contributed by atoms with van der Waals surface area (Å²) in [5.41, 5.74) is -0.0454. The first-order chi connectivity index (χ1) is 13.0. The second kappa shape index (κ2) is 8.72. The van der Waals surface area contributed by atoms with E-state index < -0.39 is 32.8 Å². The van der Waals surface area contributed by atoms with E-state index in [-0.39, 0.29) is 17.6 Å². The van der Waals surface area contributed by atoms with Gasteiger partial charge in [-0.2, -0.15) is 0 Å². The Kier molecular flexibility index (Phi) is 6.82. The average Bonchev–Trinajstić information content (AvgIpc) is 3.09. The van der Waals surface area contributed by atoms with Gasteiger partial charge >= 0.3 is 11.3 Å². The minimum Gasteiger partial charge on any atom is -0.444 e. The number of aromatic nitrogens is 2. The molecule has 0 fully saturated rings. The quantitative estimate of drug-likeness (QED) is 0.743. The van der Waals surface area contributed by atoms with Crippen LogP contribution in [0.15, 0.2) is 40.0 Å². The molecule has 2 aromatic rings. The van der Waals surface area contributed by atoms with Crippen LogP contribution < -0.4 is 5.32 Å². The number of hydrogen-bond acceptors (Lipinski definition) is 7. The van der Waals surface area contributed by atoms with E-state index in [4.69, 9.17) is 9.15 Å². The summed E-state index contributed by atoms with van der Waals surface area (Å²) in [7, 11) is -3.80. The number of carbonyl (C=O) groups is 1. The predicted octanol–water partition coefficient (Wildman–Crippen LogP) is 3.66. The lowest BCUT2D eigenvalue weighted by molar-refractivity contribution is 0.0473. The minimum absolute atomic E-state index is 0.0341. The van der Waals surface area contributed by atoms with Crippen molar-refractivity contribution in [1.82, 2.24) is 15.5 Å². The van der Waals surface area contributed by atoms with Crippen LogP contribution in [0.4, 0.5) is 4.79 Å². The highest BCUT2D eigenvalue weighted by Crippen LogP contribution is 2.26. The second-order valence-electron chi connectivity index (χ2n) is 7.66. The van der Waals surface area contributed by atoms with Gasteiger partial charge in [0.05, 0.1) is 5.75 Å². The summed E-state index contributed by atoms with van der Waals surface area (Å²) < 4.78 is 35.9. The zero-order valence-electron chi connectivity index (χ0n) is 16.8. The topological polar surface area (TPSA) is 111 Å². The van der Waals surface area contributed by atoms with Crippen molar-refractivity contribution >= 4 is 15.9 Å². The SMILES string of the molecule is CC[C@H](C)[C@H](NC(=O)OC(C)(C)C)c1nnc(S(=O)(=O)Cc2ccccc2)o1. The van der Waals surface area contributed by atoms with E-state index in [1.54, 1.807) is 51.1 Å². The lowest BCUT2D eigenvalue weighted by Crippen LogP contribution is -2.37. The van der Waals surface area contributed by atoms with E-state index >= 15 is 0 Å². The van der Waals surface area contributed by atoms with Crippen LogP contribution >= 0.6 is 0 Å². The monoisotopic (exact) mass is 409 g/mol. The van der Waals surface area contributed by atoms with E-state index in [1.165, 1.54) is 0 Å². The van der Waals surface area contributed by atoms with Gasteiger partial charge in [0.15, 0.2) is 0 Å². The first-order valence-electron chi connectivity index (χ1n) is 9.11. The van der Waals surface area contributed by atoms with E-state index in [9.17, 15) is 13.2 Å². The smallest absolute Gasteiger partial charge is 0.408 e. The van der Waals surface area contributed by atoms with Crippen LogP contribution in [0.25, 0.3) is 0 Å². The Labute approximate surface area is 165 Å². The molecule has 0 aliphatic rings. The van der Waals surface area contributed by atoms with E-state index in [0.29, 0.717) is 12.0 Å². The van der Waals surface area contributed by atoms with Gasteiger partial charge in [-0.3, -0.25) is 0 Å². The van der Waals surface area contributed by atoms with Gasteiger partial charge in [0.25, 0.3) is 0 Å². The third-order valence-corrected chi connectivity index (χ3v) is 5.45. The molecule has 9 heteroatoms. The average molecular weight is 410 g/mol. The molecule has 0 saturated carbocycles. The lowest BCUT2D eigenvalue weighted by atomic mass is 9.99. The van der Waals surface area contributed by atoms with Gasteiger partial charge < -0.3 is 14.5 Å². The largest absolute Gasteiger partial charge is 0.444 e. The number of amides is 1. The summed E-state index contributed by atoms with van der Waals surface area (Å²) in [4.78, 5) is 12.2. The van der Waals surface area contributed by atoms with Crippen LogP contribution in [0, 0.1) is 5.92 Å². The maximum absolute atomic E-state index is 12.6. The molecular weight excluding hydrogens is 382 g/mol. The molecule has 0 radical (unpaired) electrons. The molecule has 1 N–H and O–H groups in total. The molecule has 1 heterocycles. The zero-order valence-corrected chi connectivity index (χ0v) is 17.6. The van der Waals surface area contributed by atoms with Crippen LogP contribution in [-0.2, 0) is 20.3 Å². The molecule has 8 nitrogen and oxygen atoms in total. The summed E-state index contributed by atoms with van der Waals surface area (Å²) >= 11 is 0. The molecule has 0 aliphatic heterocycles. The number of ether oxygens (including phenoxy) is 1. The fraction of sp³-hybridized carbons (Fsp3) is 0.526. The molecule has 2 rings (SSSR count). The van der Waals surface area contributed by atoms with Crippen molar-refractivity contribution < 1.29 is 22.4 Å². The van der Waals surface area contributed by atoms with Gasteiger partial charge in [-0.25, -0.2) is 13.2 Å². The normalized spacial score (nSPS) is 14.3. The number of alkyl carbamates (subject to hydrolysis) is 1. The minimum atomic E-state index is -3.80. The molecular formula is C19H27N3O5S. The van der Waals surface area contributed by atoms with Gasteiger partial charge in [-0.1, -0.05) is 55.7 Å². The molecule has 0 unspecified atom stereocenters. The summed E-state index contributed by atoms with van der Waals surface area (Å²) in [6.07, 6.45) is 0.0688. The Morgan fingerprint density at radius 1 is 1.21 bits per heavy atom. The van der Waals surface area contributed by atoms with Gasteiger partial charge in [0.2, 0.25) is 15.7 Å². The lowest BCUT2D eigenvalue weighted by Gasteiger charge is -2.24. The van der Waals surface area contributed by atoms with Crippen molar-refractivity contribution in [3.05, 3.63) is 41.8 Å². The maximum atomic E-state index is 12.6. The van der Waals surface area contributed by atoms with Crippen molar-refractivity contribution in [3.8, 4) is 0 Å². The molecule has 154 valence electrons. The summed E-state index contributed by atoms with van der Waals surface area (Å²) in [6.45, 7) is 9.10. The molecule has 0 bridgehead atoms. The van der Waals surface area contributed by atoms with Crippen LogP contribution in [-0.4, -0.2) is 30.3 Å². The van der Waals surface area contributed by atoms with Crippen LogP contribution in [0.3, 0.4) is 0 Å².